The van der Waals surface area contributed by atoms with E-state index in [9.17, 15) is 13.2 Å². The minimum Gasteiger partial charge on any atom is -0.316 e. The van der Waals surface area contributed by atoms with Gasteiger partial charge in [-0.3, -0.25) is 4.79 Å². The van der Waals surface area contributed by atoms with E-state index in [4.69, 9.17) is 0 Å². The summed E-state index contributed by atoms with van der Waals surface area (Å²) in [6.07, 6.45) is 6.30. The summed E-state index contributed by atoms with van der Waals surface area (Å²) in [5.41, 5.74) is 4.49. The number of rotatable bonds is 7. The lowest BCUT2D eigenvalue weighted by molar-refractivity contribution is 0.411. The molecule has 42 heavy (non-hydrogen) atoms. The highest BCUT2D eigenvalue weighted by molar-refractivity contribution is 7.89. The molecule has 1 fully saturated rings. The van der Waals surface area contributed by atoms with Gasteiger partial charge in [-0.05, 0) is 59.9 Å². The average Bonchev–Trinajstić information content (AvgIpc) is 3.70. The van der Waals surface area contributed by atoms with Gasteiger partial charge in [-0.1, -0.05) is 30.3 Å². The van der Waals surface area contributed by atoms with Crippen molar-refractivity contribution < 1.29 is 8.42 Å². The van der Waals surface area contributed by atoms with Crippen molar-refractivity contribution in [2.45, 2.75) is 35.4 Å². The fourth-order valence-corrected chi connectivity index (χ4v) is 7.34. The van der Waals surface area contributed by atoms with E-state index in [-0.39, 0.29) is 10.6 Å². The molecule has 0 N–H and O–H groups in total. The Hall–Kier alpha value is -3.90. The van der Waals surface area contributed by atoms with Crippen LogP contribution in [0, 0.1) is 6.92 Å². The largest absolute Gasteiger partial charge is 0.316 e. The first-order valence-corrected chi connectivity index (χ1v) is 15.4. The van der Waals surface area contributed by atoms with Crippen LogP contribution in [0.25, 0.3) is 16.6 Å². The molecule has 3 aromatic heterocycles. The highest BCUT2D eigenvalue weighted by atomic mass is 32.2. The molecule has 1 atom stereocenters. The summed E-state index contributed by atoms with van der Waals surface area (Å²) in [6, 6.07) is 17.8. The van der Waals surface area contributed by atoms with Crippen molar-refractivity contribution in [3.63, 3.8) is 0 Å². The van der Waals surface area contributed by atoms with Crippen molar-refractivity contribution in [1.82, 2.24) is 33.6 Å². The van der Waals surface area contributed by atoms with E-state index in [1.54, 1.807) is 23.6 Å². The molecular weight excluding hydrogens is 547 g/mol. The molecule has 0 bridgehead atoms. The maximum Gasteiger partial charge on any atom is 0.264 e. The second-order valence-electron chi connectivity index (χ2n) is 12.3. The Morgan fingerprint density at radius 1 is 1.02 bits per heavy atom. The second-order valence-corrected chi connectivity index (χ2v) is 14.2. The highest BCUT2D eigenvalue weighted by Crippen LogP contribution is 2.42. The van der Waals surface area contributed by atoms with E-state index in [1.165, 1.54) is 21.6 Å². The zero-order valence-electron chi connectivity index (χ0n) is 24.5. The van der Waals surface area contributed by atoms with Gasteiger partial charge in [-0.2, -0.15) is 14.5 Å². The Labute approximate surface area is 247 Å². The predicted octanol–water partition coefficient (Wildman–Crippen LogP) is -0.334. The first-order chi connectivity index (χ1) is 19.9. The van der Waals surface area contributed by atoms with Crippen LogP contribution in [0.2, 0.25) is 0 Å². The molecule has 0 aliphatic carbocycles. The molecule has 2 aromatic carbocycles. The van der Waals surface area contributed by atoms with Gasteiger partial charge in [0.15, 0.2) is 0 Å². The SMILES string of the molecule is BC(B)(B)n1ncc(S(=O)(=O)N2CCC(Cc3ccccc3)(c3cc4cnn(-c5ccc(=O)n(C)c5)c4cc3C)C2)n1. The van der Waals surface area contributed by atoms with Gasteiger partial charge < -0.3 is 4.57 Å². The fraction of sp³-hybridized carbons (Fsp3) is 0.286. The second kappa shape index (κ2) is 10.1. The topological polar surface area (TPSA) is 108 Å². The van der Waals surface area contributed by atoms with E-state index >= 15 is 0 Å². The van der Waals surface area contributed by atoms with Gasteiger partial charge in [-0.25, -0.2) is 17.9 Å². The normalized spacial score (nSPS) is 18.1. The van der Waals surface area contributed by atoms with Crippen LogP contribution in [0.5, 0.6) is 0 Å². The Bertz CT molecular complexity index is 1970. The summed E-state index contributed by atoms with van der Waals surface area (Å²) >= 11 is 0. The molecule has 10 nitrogen and oxygen atoms in total. The Balaban J connectivity index is 1.42. The number of nitrogens with zero attached hydrogens (tertiary/aromatic N) is 7. The lowest BCUT2D eigenvalue weighted by Gasteiger charge is -2.32. The molecule has 1 aliphatic heterocycles. The minimum atomic E-state index is -3.85. The lowest BCUT2D eigenvalue weighted by atomic mass is 9.50. The highest BCUT2D eigenvalue weighted by Gasteiger charge is 2.46. The van der Waals surface area contributed by atoms with Crippen molar-refractivity contribution in [3.8, 4) is 5.69 Å². The van der Waals surface area contributed by atoms with Crippen LogP contribution in [0.1, 0.15) is 23.1 Å². The van der Waals surface area contributed by atoms with E-state index in [2.05, 4.69) is 46.5 Å². The number of hydrogen-bond acceptors (Lipinski definition) is 6. The molecule has 212 valence electrons. The van der Waals surface area contributed by atoms with Gasteiger partial charge in [-0.15, -0.1) is 5.10 Å². The monoisotopic (exact) mass is 579 g/mol. The quantitative estimate of drug-likeness (QED) is 0.245. The average molecular weight is 579 g/mol. The van der Waals surface area contributed by atoms with Crippen molar-refractivity contribution in [1.29, 1.82) is 0 Å². The lowest BCUT2D eigenvalue weighted by Crippen LogP contribution is -2.38. The van der Waals surface area contributed by atoms with Crippen molar-refractivity contribution in [3.05, 3.63) is 100 Å². The summed E-state index contributed by atoms with van der Waals surface area (Å²) in [7, 11) is 3.67. The predicted molar refractivity (Wildman–Crippen MR) is 170 cm³/mol. The van der Waals surface area contributed by atoms with Crippen molar-refractivity contribution in [2.75, 3.05) is 13.1 Å². The van der Waals surface area contributed by atoms with Crippen LogP contribution in [0.3, 0.4) is 0 Å². The van der Waals surface area contributed by atoms with Gasteiger partial charge in [0.05, 0.1) is 23.6 Å². The number of hydrogen-bond donors (Lipinski definition) is 0. The Morgan fingerprint density at radius 2 is 1.79 bits per heavy atom. The molecule has 5 aromatic rings. The molecule has 0 saturated carbocycles. The third-order valence-electron chi connectivity index (χ3n) is 8.18. The molecule has 0 spiro atoms. The maximum atomic E-state index is 13.8. The first-order valence-electron chi connectivity index (χ1n) is 14.0. The van der Waals surface area contributed by atoms with Crippen molar-refractivity contribution in [2.24, 2.45) is 7.05 Å². The molecular formula is C28H32B3N7O3S. The van der Waals surface area contributed by atoms with Gasteiger partial charge in [0.1, 0.15) is 23.5 Å². The molecule has 0 radical (unpaired) electrons. The van der Waals surface area contributed by atoms with Crippen LogP contribution < -0.4 is 5.56 Å². The Morgan fingerprint density at radius 3 is 2.48 bits per heavy atom. The molecule has 14 heteroatoms. The molecule has 1 unspecified atom stereocenters. The number of benzene rings is 2. The fourth-order valence-electron chi connectivity index (χ4n) is 5.97. The summed E-state index contributed by atoms with van der Waals surface area (Å²) in [5, 5.41) is 13.7. The summed E-state index contributed by atoms with van der Waals surface area (Å²) < 4.78 is 32.6. The third kappa shape index (κ3) is 4.92. The minimum absolute atomic E-state index is 0.0290. The molecule has 0 amide bonds. The summed E-state index contributed by atoms with van der Waals surface area (Å²) in [6.45, 7) is 2.78. The van der Waals surface area contributed by atoms with Crippen LogP contribution in [0.15, 0.2) is 83.0 Å². The smallest absolute Gasteiger partial charge is 0.264 e. The maximum absolute atomic E-state index is 13.8. The standard InChI is InChI=1S/C28H32B3N7O3S/c1-19-12-24-21(15-32-37(24)22-8-9-26(39)35(2)17-22)13-23(19)27(14-20-6-4-3-5-7-20)10-11-36(18-27)42(40,41)25-16-33-38(34-25)28(29,30)31/h3-9,12-13,15-17H,10-11,14,18,29-31H2,1-2H3. The van der Waals surface area contributed by atoms with Crippen LogP contribution in [-0.4, -0.2) is 78.7 Å². The third-order valence-corrected chi connectivity index (χ3v) is 9.89. The molecule has 1 aliphatic rings. The van der Waals surface area contributed by atoms with Gasteiger partial charge >= 0.3 is 0 Å². The molecule has 1 saturated heterocycles. The first kappa shape index (κ1) is 28.2. The molecule has 6 rings (SSSR count). The molecule has 4 heterocycles. The van der Waals surface area contributed by atoms with Crippen molar-refractivity contribution >= 4 is 44.5 Å². The zero-order valence-corrected chi connectivity index (χ0v) is 25.3. The summed E-state index contributed by atoms with van der Waals surface area (Å²) in [4.78, 5) is 13.4. The number of aryl methyl sites for hydroxylation is 2. The summed E-state index contributed by atoms with van der Waals surface area (Å²) in [5.74, 6) is 0. The van der Waals surface area contributed by atoms with Crippen LogP contribution in [0.4, 0.5) is 0 Å². The van der Waals surface area contributed by atoms with Gasteiger partial charge in [0.25, 0.3) is 10.0 Å². The van der Waals surface area contributed by atoms with Gasteiger partial charge in [0.2, 0.25) is 10.6 Å². The Kier molecular flexibility index (Phi) is 6.81. The zero-order chi connectivity index (χ0) is 29.9. The van der Waals surface area contributed by atoms with Crippen LogP contribution in [-0.2, 0) is 34.1 Å². The number of sulfonamides is 1. The van der Waals surface area contributed by atoms with Gasteiger partial charge in [0, 0.05) is 43.2 Å². The number of aromatic nitrogens is 6. The van der Waals surface area contributed by atoms with E-state index < -0.39 is 20.7 Å². The number of pyridine rings is 1. The van der Waals surface area contributed by atoms with E-state index in [0.717, 1.165) is 33.3 Å². The van der Waals surface area contributed by atoms with E-state index in [0.29, 0.717) is 25.9 Å². The van der Waals surface area contributed by atoms with Crippen LogP contribution >= 0.6 is 0 Å². The number of fused-ring (bicyclic) bond motifs is 1. The van der Waals surface area contributed by atoms with E-state index in [1.807, 2.05) is 52.6 Å².